The summed E-state index contributed by atoms with van der Waals surface area (Å²) in [5.41, 5.74) is 2.21. The number of amides is 2. The summed E-state index contributed by atoms with van der Waals surface area (Å²) in [5, 5.41) is 10.1. The third kappa shape index (κ3) is 5.27. The molecule has 0 saturated carbocycles. The van der Waals surface area contributed by atoms with Gasteiger partial charge in [0.05, 0.1) is 6.61 Å². The Kier molecular flexibility index (Phi) is 7.92. The van der Waals surface area contributed by atoms with E-state index >= 15 is 0 Å². The molecule has 1 aliphatic heterocycles. The van der Waals surface area contributed by atoms with E-state index in [0.717, 1.165) is 10.5 Å². The zero-order chi connectivity index (χ0) is 24.0. The highest BCUT2D eigenvalue weighted by molar-refractivity contribution is 6.31. The van der Waals surface area contributed by atoms with E-state index in [-0.39, 0.29) is 18.7 Å². The molecule has 0 saturated heterocycles. The van der Waals surface area contributed by atoms with Gasteiger partial charge >= 0.3 is 0 Å². The number of carbonyl (C=O) groups is 2. The fourth-order valence-corrected chi connectivity index (χ4v) is 3.69. The predicted octanol–water partition coefficient (Wildman–Crippen LogP) is 5.32. The van der Waals surface area contributed by atoms with Gasteiger partial charge in [0.2, 0.25) is 0 Å². The third-order valence-electron chi connectivity index (χ3n) is 5.19. The van der Waals surface area contributed by atoms with E-state index in [0.29, 0.717) is 46.3 Å². The first-order chi connectivity index (χ1) is 15.9. The van der Waals surface area contributed by atoms with Crippen molar-refractivity contribution in [2.24, 2.45) is 0 Å². The van der Waals surface area contributed by atoms with Gasteiger partial charge in [0.1, 0.15) is 18.2 Å². The average Bonchev–Trinajstić information content (AvgIpc) is 2.80. The smallest absolute Gasteiger partial charge is 0.271 e. The van der Waals surface area contributed by atoms with E-state index in [1.807, 2.05) is 38.1 Å². The van der Waals surface area contributed by atoms with Crippen molar-refractivity contribution in [1.29, 1.82) is 5.26 Å². The van der Waals surface area contributed by atoms with Gasteiger partial charge in [0, 0.05) is 22.7 Å². The lowest BCUT2D eigenvalue weighted by atomic mass is 9.93. The summed E-state index contributed by atoms with van der Waals surface area (Å²) in [6.07, 6.45) is 2.28. The molecule has 0 atom stereocenters. The van der Waals surface area contributed by atoms with Crippen molar-refractivity contribution < 1.29 is 19.1 Å². The number of ether oxygens (including phenoxy) is 2. The first-order valence-corrected chi connectivity index (χ1v) is 11.1. The largest absolute Gasteiger partial charge is 0.490 e. The molecule has 2 aromatic rings. The standard InChI is InChI=1S/C26H25ClN2O4/c1-4-12-29-25(30)20(17(3)21(15-28)26(29)31)13-18-10-11-23(24(14-18)32-5-2)33-16-19-8-6-7-9-22(19)27/h6-11,13-14H,4-5,12,16H2,1-3H3/b20-13+. The van der Waals surface area contributed by atoms with Crippen LogP contribution in [0.5, 0.6) is 11.5 Å². The molecule has 1 heterocycles. The molecule has 0 aliphatic carbocycles. The van der Waals surface area contributed by atoms with Crippen molar-refractivity contribution in [3.8, 4) is 17.6 Å². The summed E-state index contributed by atoms with van der Waals surface area (Å²) in [5.74, 6) is 0.111. The van der Waals surface area contributed by atoms with E-state index in [9.17, 15) is 14.9 Å². The molecule has 0 N–H and O–H groups in total. The maximum absolute atomic E-state index is 13.0. The SMILES string of the molecule is CCCN1C(=O)C(C#N)=C(C)/C(=C\c2ccc(OCc3ccccc3Cl)c(OCC)c2)C1=O. The molecule has 0 spiro atoms. The minimum absolute atomic E-state index is 0.0148. The van der Waals surface area contributed by atoms with Gasteiger partial charge in [-0.3, -0.25) is 14.5 Å². The highest BCUT2D eigenvalue weighted by atomic mass is 35.5. The van der Waals surface area contributed by atoms with Crippen LogP contribution in [0.3, 0.4) is 0 Å². The molecule has 3 rings (SSSR count). The van der Waals surface area contributed by atoms with Crippen LogP contribution in [0.4, 0.5) is 0 Å². The molecular weight excluding hydrogens is 440 g/mol. The van der Waals surface area contributed by atoms with Crippen molar-refractivity contribution in [3.05, 3.63) is 75.3 Å². The number of nitriles is 1. The van der Waals surface area contributed by atoms with Crippen molar-refractivity contribution in [1.82, 2.24) is 4.90 Å². The van der Waals surface area contributed by atoms with E-state index in [1.165, 1.54) is 0 Å². The van der Waals surface area contributed by atoms with E-state index in [4.69, 9.17) is 21.1 Å². The van der Waals surface area contributed by atoms with Crippen LogP contribution in [0, 0.1) is 11.3 Å². The number of nitrogens with zero attached hydrogens (tertiary/aromatic N) is 2. The molecule has 2 aromatic carbocycles. The van der Waals surface area contributed by atoms with Crippen molar-refractivity contribution in [2.45, 2.75) is 33.8 Å². The summed E-state index contributed by atoms with van der Waals surface area (Å²) >= 11 is 6.21. The summed E-state index contributed by atoms with van der Waals surface area (Å²) in [6, 6.07) is 14.7. The van der Waals surface area contributed by atoms with Crippen LogP contribution in [0.15, 0.2) is 59.2 Å². The lowest BCUT2D eigenvalue weighted by molar-refractivity contribution is -0.140. The zero-order valence-electron chi connectivity index (χ0n) is 18.9. The quantitative estimate of drug-likeness (QED) is 0.390. The van der Waals surface area contributed by atoms with E-state index < -0.39 is 11.8 Å². The van der Waals surface area contributed by atoms with Gasteiger partial charge in [-0.1, -0.05) is 42.8 Å². The predicted molar refractivity (Wildman–Crippen MR) is 127 cm³/mol. The number of rotatable bonds is 8. The van der Waals surface area contributed by atoms with Crippen molar-refractivity contribution >= 4 is 29.5 Å². The Morgan fingerprint density at radius 1 is 1.06 bits per heavy atom. The number of hydrogen-bond donors (Lipinski definition) is 0. The molecule has 7 heteroatoms. The second kappa shape index (κ2) is 10.8. The summed E-state index contributed by atoms with van der Waals surface area (Å²) < 4.78 is 11.7. The van der Waals surface area contributed by atoms with Crippen LogP contribution in [-0.2, 0) is 16.2 Å². The molecule has 0 bridgehead atoms. The summed E-state index contributed by atoms with van der Waals surface area (Å²) in [4.78, 5) is 26.6. The van der Waals surface area contributed by atoms with Gasteiger partial charge in [-0.25, -0.2) is 0 Å². The van der Waals surface area contributed by atoms with Crippen LogP contribution in [0.25, 0.3) is 6.08 Å². The highest BCUT2D eigenvalue weighted by Crippen LogP contribution is 2.33. The molecule has 0 radical (unpaired) electrons. The number of imide groups is 1. The fourth-order valence-electron chi connectivity index (χ4n) is 3.50. The summed E-state index contributed by atoms with van der Waals surface area (Å²) in [6.45, 7) is 6.32. The van der Waals surface area contributed by atoms with Gasteiger partial charge in [-0.15, -0.1) is 0 Å². The molecule has 33 heavy (non-hydrogen) atoms. The minimum Gasteiger partial charge on any atom is -0.490 e. The molecule has 0 fully saturated rings. The van der Waals surface area contributed by atoms with Gasteiger partial charge in [-0.2, -0.15) is 5.26 Å². The Balaban J connectivity index is 1.95. The molecule has 0 unspecified atom stereocenters. The van der Waals surface area contributed by atoms with Crippen LogP contribution in [0.2, 0.25) is 5.02 Å². The maximum Gasteiger partial charge on any atom is 0.271 e. The number of hydrogen-bond acceptors (Lipinski definition) is 5. The Hall–Kier alpha value is -3.56. The van der Waals surface area contributed by atoms with E-state index in [2.05, 4.69) is 0 Å². The van der Waals surface area contributed by atoms with Gasteiger partial charge < -0.3 is 9.47 Å². The molecule has 0 aromatic heterocycles. The normalized spacial score (nSPS) is 15.1. The Morgan fingerprint density at radius 2 is 1.82 bits per heavy atom. The van der Waals surface area contributed by atoms with Crippen molar-refractivity contribution in [2.75, 3.05) is 13.2 Å². The molecule has 2 amide bonds. The first-order valence-electron chi connectivity index (χ1n) is 10.7. The fraction of sp³-hybridized carbons (Fsp3) is 0.269. The van der Waals surface area contributed by atoms with Crippen LogP contribution < -0.4 is 9.47 Å². The third-order valence-corrected chi connectivity index (χ3v) is 5.56. The monoisotopic (exact) mass is 464 g/mol. The second-order valence-electron chi connectivity index (χ2n) is 7.45. The first kappa shape index (κ1) is 24.1. The van der Waals surface area contributed by atoms with Gasteiger partial charge in [-0.05, 0) is 55.7 Å². The van der Waals surface area contributed by atoms with Crippen LogP contribution >= 0.6 is 11.6 Å². The zero-order valence-corrected chi connectivity index (χ0v) is 19.6. The lowest BCUT2D eigenvalue weighted by Gasteiger charge is -2.27. The maximum atomic E-state index is 13.0. The van der Waals surface area contributed by atoms with Crippen molar-refractivity contribution in [3.63, 3.8) is 0 Å². The number of carbonyl (C=O) groups excluding carboxylic acids is 2. The molecular formula is C26H25ClN2O4. The highest BCUT2D eigenvalue weighted by Gasteiger charge is 2.34. The minimum atomic E-state index is -0.544. The van der Waals surface area contributed by atoms with Gasteiger partial charge in [0.15, 0.2) is 11.5 Å². The number of halogens is 1. The number of benzene rings is 2. The topological polar surface area (TPSA) is 79.6 Å². The Morgan fingerprint density at radius 3 is 2.48 bits per heavy atom. The van der Waals surface area contributed by atoms with Crippen LogP contribution in [0.1, 0.15) is 38.3 Å². The molecule has 170 valence electrons. The van der Waals surface area contributed by atoms with E-state index in [1.54, 1.807) is 37.3 Å². The molecule has 6 nitrogen and oxygen atoms in total. The van der Waals surface area contributed by atoms with Gasteiger partial charge in [0.25, 0.3) is 11.8 Å². The average molecular weight is 465 g/mol. The Labute approximate surface area is 198 Å². The van der Waals surface area contributed by atoms with Crippen LogP contribution in [-0.4, -0.2) is 29.9 Å². The summed E-state index contributed by atoms with van der Waals surface area (Å²) in [7, 11) is 0. The lowest BCUT2D eigenvalue weighted by Crippen LogP contribution is -2.43. The molecule has 1 aliphatic rings. The Bertz CT molecular complexity index is 1180. The second-order valence-corrected chi connectivity index (χ2v) is 7.86.